The molecule has 1 aromatic heterocycles. The summed E-state index contributed by atoms with van der Waals surface area (Å²) in [6, 6.07) is 3.77. The lowest BCUT2D eigenvalue weighted by atomic mass is 10.3. The van der Waals surface area contributed by atoms with Crippen LogP contribution in [0.5, 0.6) is 0 Å². The van der Waals surface area contributed by atoms with Gasteiger partial charge in [0.05, 0.1) is 5.69 Å². The van der Waals surface area contributed by atoms with E-state index in [9.17, 15) is 4.79 Å². The minimum atomic E-state index is 0.142. The first-order chi connectivity index (χ1) is 5.25. The molecule has 0 aliphatic rings. The monoisotopic (exact) mass is 151 g/mol. The molecule has 11 heavy (non-hydrogen) atoms. The van der Waals surface area contributed by atoms with Gasteiger partial charge in [0.25, 0.3) is 0 Å². The van der Waals surface area contributed by atoms with Gasteiger partial charge in [-0.25, -0.2) is 0 Å². The highest BCUT2D eigenvalue weighted by atomic mass is 16.1. The van der Waals surface area contributed by atoms with E-state index in [-0.39, 0.29) is 5.78 Å². The SMILES string of the molecule is CCCn1cccc1C(C)=O. The summed E-state index contributed by atoms with van der Waals surface area (Å²) in [5, 5.41) is 0. The Morgan fingerprint density at radius 2 is 2.36 bits per heavy atom. The number of carbonyl (C=O) groups is 1. The average Bonchev–Trinajstić information content (AvgIpc) is 2.36. The summed E-state index contributed by atoms with van der Waals surface area (Å²) in [6.07, 6.45) is 3.01. The van der Waals surface area contributed by atoms with E-state index in [0.29, 0.717) is 0 Å². The van der Waals surface area contributed by atoms with Crippen molar-refractivity contribution in [3.05, 3.63) is 24.0 Å². The lowest BCUT2D eigenvalue weighted by molar-refractivity contribution is 0.100. The molecule has 1 rings (SSSR count). The van der Waals surface area contributed by atoms with Crippen LogP contribution in [0, 0.1) is 0 Å². The molecule has 0 N–H and O–H groups in total. The highest BCUT2D eigenvalue weighted by Crippen LogP contribution is 2.03. The fourth-order valence-corrected chi connectivity index (χ4v) is 1.17. The first-order valence-electron chi connectivity index (χ1n) is 3.91. The van der Waals surface area contributed by atoms with Crippen molar-refractivity contribution in [3.8, 4) is 0 Å². The van der Waals surface area contributed by atoms with Crippen molar-refractivity contribution in [1.29, 1.82) is 0 Å². The summed E-state index contributed by atoms with van der Waals surface area (Å²) in [5.41, 5.74) is 0.812. The summed E-state index contributed by atoms with van der Waals surface area (Å²) < 4.78 is 1.99. The van der Waals surface area contributed by atoms with E-state index in [1.165, 1.54) is 0 Å². The number of ketones is 1. The van der Waals surface area contributed by atoms with Gasteiger partial charge < -0.3 is 4.57 Å². The van der Waals surface area contributed by atoms with E-state index in [1.54, 1.807) is 6.92 Å². The van der Waals surface area contributed by atoms with Crippen LogP contribution >= 0.6 is 0 Å². The Kier molecular flexibility index (Phi) is 2.47. The molecule has 0 spiro atoms. The maximum Gasteiger partial charge on any atom is 0.176 e. The van der Waals surface area contributed by atoms with E-state index in [0.717, 1.165) is 18.7 Å². The van der Waals surface area contributed by atoms with Crippen molar-refractivity contribution in [2.75, 3.05) is 0 Å². The molecule has 2 nitrogen and oxygen atoms in total. The third kappa shape index (κ3) is 1.70. The van der Waals surface area contributed by atoms with Crippen molar-refractivity contribution in [1.82, 2.24) is 4.57 Å². The number of hydrogen-bond acceptors (Lipinski definition) is 1. The van der Waals surface area contributed by atoms with Crippen molar-refractivity contribution in [3.63, 3.8) is 0 Å². The number of Topliss-reactive ketones (excluding diaryl/α,β-unsaturated/α-hetero) is 1. The largest absolute Gasteiger partial charge is 0.345 e. The number of carbonyl (C=O) groups excluding carboxylic acids is 1. The van der Waals surface area contributed by atoms with Gasteiger partial charge in [0.2, 0.25) is 0 Å². The van der Waals surface area contributed by atoms with Crippen molar-refractivity contribution >= 4 is 5.78 Å². The summed E-state index contributed by atoms with van der Waals surface area (Å²) in [7, 11) is 0. The highest BCUT2D eigenvalue weighted by Gasteiger charge is 2.03. The Morgan fingerprint density at radius 3 is 2.91 bits per heavy atom. The van der Waals surface area contributed by atoms with E-state index >= 15 is 0 Å². The standard InChI is InChI=1S/C9H13NO/c1-3-6-10-7-4-5-9(10)8(2)11/h4-5,7H,3,6H2,1-2H3. The third-order valence-electron chi connectivity index (χ3n) is 1.65. The molecule has 0 atom stereocenters. The summed E-state index contributed by atoms with van der Waals surface area (Å²) in [5.74, 6) is 0.142. The molecule has 0 radical (unpaired) electrons. The molecule has 0 saturated heterocycles. The molecular formula is C9H13NO. The summed E-state index contributed by atoms with van der Waals surface area (Å²) in [6.45, 7) is 4.63. The van der Waals surface area contributed by atoms with Crippen molar-refractivity contribution in [2.45, 2.75) is 26.8 Å². The molecule has 0 aromatic carbocycles. The molecule has 60 valence electrons. The molecule has 0 saturated carbocycles. The molecule has 0 fully saturated rings. The summed E-state index contributed by atoms with van der Waals surface area (Å²) >= 11 is 0. The van der Waals surface area contributed by atoms with Crippen LogP contribution in [-0.4, -0.2) is 10.4 Å². The lowest BCUT2D eigenvalue weighted by Crippen LogP contribution is -2.04. The number of rotatable bonds is 3. The van der Waals surface area contributed by atoms with Crippen LogP contribution in [0.15, 0.2) is 18.3 Å². The fraction of sp³-hybridized carbons (Fsp3) is 0.444. The molecule has 0 amide bonds. The smallest absolute Gasteiger partial charge is 0.176 e. The van der Waals surface area contributed by atoms with Crippen LogP contribution in [0.3, 0.4) is 0 Å². The predicted octanol–water partition coefficient (Wildman–Crippen LogP) is 2.10. The minimum Gasteiger partial charge on any atom is -0.345 e. The predicted molar refractivity (Wildman–Crippen MR) is 44.7 cm³/mol. The van der Waals surface area contributed by atoms with Crippen LogP contribution in [-0.2, 0) is 6.54 Å². The van der Waals surface area contributed by atoms with E-state index in [1.807, 2.05) is 22.9 Å². The molecule has 1 heterocycles. The second-order valence-electron chi connectivity index (χ2n) is 2.64. The molecule has 2 heteroatoms. The van der Waals surface area contributed by atoms with Gasteiger partial charge in [0.1, 0.15) is 0 Å². The maximum absolute atomic E-state index is 11.0. The Balaban J connectivity index is 2.87. The molecule has 1 aromatic rings. The number of hydrogen-bond donors (Lipinski definition) is 0. The normalized spacial score (nSPS) is 10.0. The van der Waals surface area contributed by atoms with Gasteiger partial charge in [0.15, 0.2) is 5.78 Å². The molecule has 0 aliphatic carbocycles. The van der Waals surface area contributed by atoms with Crippen LogP contribution in [0.1, 0.15) is 30.8 Å². The third-order valence-corrected chi connectivity index (χ3v) is 1.65. The number of aryl methyl sites for hydroxylation is 1. The van der Waals surface area contributed by atoms with E-state index in [4.69, 9.17) is 0 Å². The van der Waals surface area contributed by atoms with Crippen LogP contribution in [0.2, 0.25) is 0 Å². The lowest BCUT2D eigenvalue weighted by Gasteiger charge is -2.03. The first-order valence-corrected chi connectivity index (χ1v) is 3.91. The van der Waals surface area contributed by atoms with Crippen molar-refractivity contribution < 1.29 is 4.79 Å². The van der Waals surface area contributed by atoms with Gasteiger partial charge in [-0.15, -0.1) is 0 Å². The second-order valence-corrected chi connectivity index (χ2v) is 2.64. The van der Waals surface area contributed by atoms with Gasteiger partial charge >= 0.3 is 0 Å². The number of aromatic nitrogens is 1. The zero-order valence-corrected chi connectivity index (χ0v) is 7.00. The molecule has 0 bridgehead atoms. The summed E-state index contributed by atoms with van der Waals surface area (Å²) in [4.78, 5) is 11.0. The molecule has 0 aliphatic heterocycles. The van der Waals surface area contributed by atoms with Crippen LogP contribution < -0.4 is 0 Å². The Morgan fingerprint density at radius 1 is 1.64 bits per heavy atom. The maximum atomic E-state index is 11.0. The van der Waals surface area contributed by atoms with Gasteiger partial charge in [-0.05, 0) is 18.6 Å². The Hall–Kier alpha value is -1.05. The van der Waals surface area contributed by atoms with Crippen molar-refractivity contribution in [2.24, 2.45) is 0 Å². The van der Waals surface area contributed by atoms with Gasteiger partial charge in [-0.1, -0.05) is 6.92 Å². The number of nitrogens with zero attached hydrogens (tertiary/aromatic N) is 1. The van der Waals surface area contributed by atoms with E-state index < -0.39 is 0 Å². The van der Waals surface area contributed by atoms with Gasteiger partial charge in [-0.3, -0.25) is 4.79 Å². The Bertz CT molecular complexity index is 250. The highest BCUT2D eigenvalue weighted by molar-refractivity contribution is 5.92. The topological polar surface area (TPSA) is 22.0 Å². The molecular weight excluding hydrogens is 138 g/mol. The zero-order chi connectivity index (χ0) is 8.27. The fourth-order valence-electron chi connectivity index (χ4n) is 1.17. The average molecular weight is 151 g/mol. The second kappa shape index (κ2) is 3.37. The zero-order valence-electron chi connectivity index (χ0n) is 7.00. The Labute approximate surface area is 66.8 Å². The molecule has 0 unspecified atom stereocenters. The van der Waals surface area contributed by atoms with Gasteiger partial charge in [-0.2, -0.15) is 0 Å². The quantitative estimate of drug-likeness (QED) is 0.606. The first kappa shape index (κ1) is 8.05. The minimum absolute atomic E-state index is 0.142. The van der Waals surface area contributed by atoms with Crippen LogP contribution in [0.25, 0.3) is 0 Å². The van der Waals surface area contributed by atoms with Crippen LogP contribution in [0.4, 0.5) is 0 Å². The van der Waals surface area contributed by atoms with Gasteiger partial charge in [0, 0.05) is 19.7 Å². The van der Waals surface area contributed by atoms with E-state index in [2.05, 4.69) is 6.92 Å².